The summed E-state index contributed by atoms with van der Waals surface area (Å²) in [5.74, 6) is -2.79. The van der Waals surface area contributed by atoms with Crippen LogP contribution in [0.25, 0.3) is 27.2 Å². The molecule has 0 radical (unpaired) electrons. The molecule has 1 aliphatic carbocycles. The molecule has 2 aromatic carbocycles. The first kappa shape index (κ1) is 26.2. The Morgan fingerprint density at radius 1 is 1.10 bits per heavy atom. The molecular formula is C27H24F3N7O3S. The lowest BCUT2D eigenvalue weighted by Gasteiger charge is -2.38. The Bertz CT molecular complexity index is 1750. The van der Waals surface area contributed by atoms with Crippen LogP contribution < -0.4 is 0 Å². The topological polar surface area (TPSA) is 124 Å². The molecule has 14 heteroatoms. The number of benzene rings is 2. The fourth-order valence-electron chi connectivity index (χ4n) is 5.22. The monoisotopic (exact) mass is 583 g/mol. The van der Waals surface area contributed by atoms with E-state index in [0.717, 1.165) is 45.9 Å². The highest BCUT2D eigenvalue weighted by Gasteiger charge is 2.42. The summed E-state index contributed by atoms with van der Waals surface area (Å²) in [6.45, 7) is 1.48. The van der Waals surface area contributed by atoms with Gasteiger partial charge in [-0.3, -0.25) is 0 Å². The molecular weight excluding hydrogens is 559 g/mol. The molecule has 0 bridgehead atoms. The summed E-state index contributed by atoms with van der Waals surface area (Å²) in [5, 5.41) is 35.0. The number of aliphatic hydroxyl groups is 2. The van der Waals surface area contributed by atoms with Crippen molar-refractivity contribution in [1.82, 2.24) is 34.7 Å². The van der Waals surface area contributed by atoms with Crippen LogP contribution in [0.5, 0.6) is 0 Å². The first-order valence-corrected chi connectivity index (χ1v) is 14.0. The van der Waals surface area contributed by atoms with Crippen LogP contribution in [0, 0.1) is 24.4 Å². The minimum absolute atomic E-state index is 0.00743. The molecule has 41 heavy (non-hydrogen) atoms. The predicted octanol–water partition coefficient (Wildman–Crippen LogP) is 4.16. The number of hydrogen-bond donors (Lipinski definition) is 2. The average molecular weight is 584 g/mol. The standard InChI is InChI=1S/C27H24F3N7O3S/c1-12-31-18-5-4-15(8-23(18)41-12)37-27(32-26(34-37)13-2-3-13)21-9-20(25(39)22(11-38)40-21)36-10-19(33-35-36)14-6-16(28)24(30)17(29)7-14/h4-8,10,13,20-22,25,38-39H,2-3,9,11H2,1H3. The summed E-state index contributed by atoms with van der Waals surface area (Å²) < 4.78 is 51.4. The Labute approximate surface area is 235 Å². The number of rotatable bonds is 6. The number of aromatic nitrogens is 7. The second-order valence-corrected chi connectivity index (χ2v) is 11.6. The van der Waals surface area contributed by atoms with E-state index in [2.05, 4.69) is 15.3 Å². The quantitative estimate of drug-likeness (QED) is 0.286. The SMILES string of the molecule is Cc1nc2ccc(-n3nc(C4CC4)nc3C3CC(n4cc(-c5cc(F)c(F)c(F)c5)nn4)C(O)C(CO)O3)cc2s1. The van der Waals surface area contributed by atoms with Crippen molar-refractivity contribution in [2.24, 2.45) is 0 Å². The van der Waals surface area contributed by atoms with Crippen LogP contribution >= 0.6 is 11.3 Å². The van der Waals surface area contributed by atoms with Gasteiger partial charge in [0.25, 0.3) is 0 Å². The lowest BCUT2D eigenvalue weighted by Crippen LogP contribution is -2.45. The predicted molar refractivity (Wildman–Crippen MR) is 141 cm³/mol. The van der Waals surface area contributed by atoms with Crippen LogP contribution in [-0.2, 0) is 4.74 Å². The molecule has 4 unspecified atom stereocenters. The van der Waals surface area contributed by atoms with E-state index < -0.39 is 48.4 Å². The minimum atomic E-state index is -1.58. The Kier molecular flexibility index (Phi) is 6.37. The normalized spacial score (nSPS) is 23.0. The second-order valence-electron chi connectivity index (χ2n) is 10.4. The number of thiazole rings is 1. The summed E-state index contributed by atoms with van der Waals surface area (Å²) in [6, 6.07) is 6.77. The molecule has 1 saturated carbocycles. The van der Waals surface area contributed by atoms with Crippen molar-refractivity contribution in [3.05, 3.63) is 70.6 Å². The van der Waals surface area contributed by atoms with Gasteiger partial charge in [-0.1, -0.05) is 5.21 Å². The van der Waals surface area contributed by atoms with Crippen LogP contribution in [0.15, 0.2) is 36.5 Å². The van der Waals surface area contributed by atoms with Crippen LogP contribution in [0.2, 0.25) is 0 Å². The van der Waals surface area contributed by atoms with E-state index in [1.807, 2.05) is 25.1 Å². The third kappa shape index (κ3) is 4.70. The molecule has 1 saturated heterocycles. The van der Waals surface area contributed by atoms with E-state index in [0.29, 0.717) is 11.6 Å². The molecule has 1 aliphatic heterocycles. The molecule has 4 heterocycles. The summed E-state index contributed by atoms with van der Waals surface area (Å²) in [4.78, 5) is 9.38. The molecule has 3 aromatic heterocycles. The Morgan fingerprint density at radius 2 is 1.88 bits per heavy atom. The van der Waals surface area contributed by atoms with Crippen LogP contribution in [-0.4, -0.2) is 63.8 Å². The van der Waals surface area contributed by atoms with Gasteiger partial charge >= 0.3 is 0 Å². The van der Waals surface area contributed by atoms with Gasteiger partial charge in [0.2, 0.25) is 0 Å². The zero-order valence-electron chi connectivity index (χ0n) is 21.7. The van der Waals surface area contributed by atoms with Crippen LogP contribution in [0.1, 0.15) is 54.0 Å². The van der Waals surface area contributed by atoms with E-state index in [1.54, 1.807) is 16.0 Å². The van der Waals surface area contributed by atoms with Gasteiger partial charge in [-0.15, -0.1) is 16.4 Å². The van der Waals surface area contributed by atoms with Crippen molar-refractivity contribution in [3.63, 3.8) is 0 Å². The molecule has 4 atom stereocenters. The van der Waals surface area contributed by atoms with Gasteiger partial charge < -0.3 is 14.9 Å². The highest BCUT2D eigenvalue weighted by atomic mass is 32.1. The van der Waals surface area contributed by atoms with Gasteiger partial charge in [0.05, 0.1) is 39.8 Å². The first-order chi connectivity index (χ1) is 19.8. The molecule has 0 spiro atoms. The van der Waals surface area contributed by atoms with E-state index in [-0.39, 0.29) is 23.6 Å². The van der Waals surface area contributed by atoms with Gasteiger partial charge in [0, 0.05) is 17.9 Å². The molecule has 2 fully saturated rings. The van der Waals surface area contributed by atoms with Gasteiger partial charge in [-0.2, -0.15) is 5.10 Å². The van der Waals surface area contributed by atoms with Crippen LogP contribution in [0.3, 0.4) is 0 Å². The number of nitrogens with zero attached hydrogens (tertiary/aromatic N) is 7. The zero-order chi connectivity index (χ0) is 28.4. The zero-order valence-corrected chi connectivity index (χ0v) is 22.5. The number of hydrogen-bond acceptors (Lipinski definition) is 9. The van der Waals surface area contributed by atoms with Gasteiger partial charge in [-0.25, -0.2) is 32.5 Å². The van der Waals surface area contributed by atoms with Crippen LogP contribution in [0.4, 0.5) is 13.2 Å². The number of fused-ring (bicyclic) bond motifs is 1. The summed E-state index contributed by atoms with van der Waals surface area (Å²) in [6.07, 6.45) is 0.753. The molecule has 2 N–H and O–H groups in total. The Morgan fingerprint density at radius 3 is 2.61 bits per heavy atom. The summed E-state index contributed by atoms with van der Waals surface area (Å²) >= 11 is 1.58. The fraction of sp³-hybridized carbons (Fsp3) is 0.370. The lowest BCUT2D eigenvalue weighted by molar-refractivity contribution is -0.161. The number of halogens is 3. The molecule has 212 valence electrons. The minimum Gasteiger partial charge on any atom is -0.394 e. The molecule has 10 nitrogen and oxygen atoms in total. The first-order valence-electron chi connectivity index (χ1n) is 13.1. The van der Waals surface area contributed by atoms with Crippen molar-refractivity contribution >= 4 is 21.6 Å². The maximum absolute atomic E-state index is 13.8. The van der Waals surface area contributed by atoms with Crippen molar-refractivity contribution < 1.29 is 28.1 Å². The fourth-order valence-corrected chi connectivity index (χ4v) is 6.08. The molecule has 5 aromatic rings. The van der Waals surface area contributed by atoms with Gasteiger partial charge in [-0.05, 0) is 50.1 Å². The maximum atomic E-state index is 13.8. The molecule has 2 aliphatic rings. The summed E-state index contributed by atoms with van der Waals surface area (Å²) in [5.41, 5.74) is 1.75. The summed E-state index contributed by atoms with van der Waals surface area (Å²) in [7, 11) is 0. The van der Waals surface area contributed by atoms with E-state index >= 15 is 0 Å². The van der Waals surface area contributed by atoms with Crippen molar-refractivity contribution in [2.45, 2.75) is 56.5 Å². The van der Waals surface area contributed by atoms with Crippen molar-refractivity contribution in [2.75, 3.05) is 6.61 Å². The van der Waals surface area contributed by atoms with Gasteiger partial charge in [0.15, 0.2) is 29.1 Å². The maximum Gasteiger partial charge on any atom is 0.194 e. The molecule has 7 rings (SSSR count). The van der Waals surface area contributed by atoms with E-state index in [9.17, 15) is 23.4 Å². The third-order valence-corrected chi connectivity index (χ3v) is 8.42. The number of aryl methyl sites for hydroxylation is 1. The van der Waals surface area contributed by atoms with E-state index in [4.69, 9.17) is 14.8 Å². The van der Waals surface area contributed by atoms with Crippen molar-refractivity contribution in [3.8, 4) is 16.9 Å². The third-order valence-electron chi connectivity index (χ3n) is 7.48. The Hall–Kier alpha value is -3.72. The van der Waals surface area contributed by atoms with Crippen molar-refractivity contribution in [1.29, 1.82) is 0 Å². The second kappa shape index (κ2) is 9.98. The smallest absolute Gasteiger partial charge is 0.194 e. The molecule has 0 amide bonds. The highest BCUT2D eigenvalue weighted by molar-refractivity contribution is 7.18. The number of aliphatic hydroxyl groups excluding tert-OH is 2. The van der Waals surface area contributed by atoms with Gasteiger partial charge in [0.1, 0.15) is 24.0 Å². The average Bonchev–Trinajstić information content (AvgIpc) is 3.35. The lowest BCUT2D eigenvalue weighted by atomic mass is 9.95. The Balaban J connectivity index is 1.25. The highest BCUT2D eigenvalue weighted by Crippen LogP contribution is 2.42. The number of ether oxygens (including phenoxy) is 1. The largest absolute Gasteiger partial charge is 0.394 e. The van der Waals surface area contributed by atoms with E-state index in [1.165, 1.54) is 10.9 Å².